The molecule has 0 aromatic carbocycles. The number of hydrogen-bond acceptors (Lipinski definition) is 2. The van der Waals surface area contributed by atoms with Crippen LogP contribution in [0.15, 0.2) is 0 Å². The summed E-state index contributed by atoms with van der Waals surface area (Å²) < 4.78 is 0. The van der Waals surface area contributed by atoms with Gasteiger partial charge in [-0.1, -0.05) is 19.8 Å². The van der Waals surface area contributed by atoms with Crippen molar-refractivity contribution >= 4 is 18.3 Å². The van der Waals surface area contributed by atoms with Gasteiger partial charge in [0.05, 0.1) is 0 Å². The Morgan fingerprint density at radius 2 is 1.84 bits per heavy atom. The summed E-state index contributed by atoms with van der Waals surface area (Å²) in [6, 6.07) is 0. The quantitative estimate of drug-likeness (QED) is 0.863. The van der Waals surface area contributed by atoms with E-state index in [-0.39, 0.29) is 17.8 Å². The molecule has 0 bridgehead atoms. The lowest BCUT2D eigenvalue weighted by atomic mass is 9.85. The third-order valence-corrected chi connectivity index (χ3v) is 4.93. The first kappa shape index (κ1) is 16.8. The van der Waals surface area contributed by atoms with Crippen LogP contribution in [0.25, 0.3) is 0 Å². The molecule has 112 valence electrons. The molecule has 3 nitrogen and oxygen atoms in total. The van der Waals surface area contributed by atoms with Crippen LogP contribution in [0.3, 0.4) is 0 Å². The van der Waals surface area contributed by atoms with Crippen molar-refractivity contribution in [2.45, 2.75) is 51.9 Å². The van der Waals surface area contributed by atoms with Gasteiger partial charge in [0.2, 0.25) is 5.91 Å². The number of carbonyl (C=O) groups excluding carboxylic acids is 1. The largest absolute Gasteiger partial charge is 0.342 e. The normalized spacial score (nSPS) is 23.2. The Hall–Kier alpha value is -0.280. The van der Waals surface area contributed by atoms with E-state index in [1.165, 1.54) is 32.1 Å². The molecule has 1 heterocycles. The van der Waals surface area contributed by atoms with Gasteiger partial charge in [-0.05, 0) is 51.6 Å². The molecule has 0 aromatic heterocycles. The van der Waals surface area contributed by atoms with Crippen molar-refractivity contribution in [3.05, 3.63) is 0 Å². The number of nitrogens with zero attached hydrogens (tertiary/aromatic N) is 1. The van der Waals surface area contributed by atoms with Gasteiger partial charge >= 0.3 is 0 Å². The van der Waals surface area contributed by atoms with E-state index in [0.29, 0.717) is 5.91 Å². The molecule has 0 unspecified atom stereocenters. The summed E-state index contributed by atoms with van der Waals surface area (Å²) in [6.07, 6.45) is 8.33. The van der Waals surface area contributed by atoms with Crippen molar-refractivity contribution in [1.82, 2.24) is 10.2 Å². The van der Waals surface area contributed by atoms with E-state index in [4.69, 9.17) is 0 Å². The van der Waals surface area contributed by atoms with Gasteiger partial charge in [-0.25, -0.2) is 0 Å². The number of nitrogens with one attached hydrogen (secondary N) is 1. The van der Waals surface area contributed by atoms with Crippen molar-refractivity contribution in [1.29, 1.82) is 0 Å². The predicted molar refractivity (Wildman–Crippen MR) is 81.7 cm³/mol. The summed E-state index contributed by atoms with van der Waals surface area (Å²) in [5, 5.41) is 3.22. The van der Waals surface area contributed by atoms with Gasteiger partial charge in [0.15, 0.2) is 0 Å². The predicted octanol–water partition coefficient (Wildman–Crippen LogP) is 2.84. The third kappa shape index (κ3) is 4.09. The Balaban J connectivity index is 0.00000180. The molecule has 0 aromatic rings. The van der Waals surface area contributed by atoms with Crippen LogP contribution in [0, 0.1) is 11.3 Å². The van der Waals surface area contributed by atoms with Crippen molar-refractivity contribution in [2.75, 3.05) is 26.7 Å². The molecule has 0 spiro atoms. The Morgan fingerprint density at radius 1 is 1.26 bits per heavy atom. The van der Waals surface area contributed by atoms with Gasteiger partial charge in [-0.2, -0.15) is 0 Å². The summed E-state index contributed by atoms with van der Waals surface area (Å²) in [4.78, 5) is 14.7. The van der Waals surface area contributed by atoms with E-state index in [2.05, 4.69) is 17.1 Å². The van der Waals surface area contributed by atoms with E-state index in [0.717, 1.165) is 38.4 Å². The standard InChI is InChI=1S/C15H28N2O.ClH/c1-15(8-3-4-9-15)14(18)17-11-6-13(7-12-17)5-10-16-2;/h13,16H,3-12H2,1-2H3;1H. The van der Waals surface area contributed by atoms with E-state index >= 15 is 0 Å². The van der Waals surface area contributed by atoms with Crippen LogP contribution in [-0.2, 0) is 4.79 Å². The monoisotopic (exact) mass is 288 g/mol. The Morgan fingerprint density at radius 3 is 2.37 bits per heavy atom. The zero-order valence-electron chi connectivity index (χ0n) is 12.4. The van der Waals surface area contributed by atoms with Crippen LogP contribution in [0.1, 0.15) is 51.9 Å². The molecule has 4 heteroatoms. The first-order valence-corrected chi connectivity index (χ1v) is 7.60. The number of hydrogen-bond donors (Lipinski definition) is 1. The lowest BCUT2D eigenvalue weighted by Crippen LogP contribution is -2.45. The lowest BCUT2D eigenvalue weighted by molar-refractivity contribution is -0.142. The van der Waals surface area contributed by atoms with Gasteiger partial charge in [-0.3, -0.25) is 4.79 Å². The van der Waals surface area contributed by atoms with E-state index in [9.17, 15) is 4.79 Å². The minimum Gasteiger partial charge on any atom is -0.342 e. The number of carbonyl (C=O) groups is 1. The minimum absolute atomic E-state index is 0. The van der Waals surface area contributed by atoms with Crippen molar-refractivity contribution < 1.29 is 4.79 Å². The zero-order chi connectivity index (χ0) is 13.0. The van der Waals surface area contributed by atoms with Gasteiger partial charge in [0.1, 0.15) is 0 Å². The molecule has 1 saturated heterocycles. The number of rotatable bonds is 4. The van der Waals surface area contributed by atoms with E-state index < -0.39 is 0 Å². The Bertz CT molecular complexity index is 282. The molecule has 2 rings (SSSR count). The molecular formula is C15H29ClN2O. The summed E-state index contributed by atoms with van der Waals surface area (Å²) >= 11 is 0. The molecule has 2 aliphatic rings. The average molecular weight is 289 g/mol. The first-order valence-electron chi connectivity index (χ1n) is 7.60. The fourth-order valence-electron chi connectivity index (χ4n) is 3.52. The molecule has 0 radical (unpaired) electrons. The maximum Gasteiger partial charge on any atom is 0.228 e. The van der Waals surface area contributed by atoms with Gasteiger partial charge in [-0.15, -0.1) is 12.4 Å². The van der Waals surface area contributed by atoms with E-state index in [1.54, 1.807) is 0 Å². The Labute approximate surface area is 123 Å². The molecule has 1 amide bonds. The lowest BCUT2D eigenvalue weighted by Gasteiger charge is -2.37. The molecule has 0 atom stereocenters. The maximum absolute atomic E-state index is 12.6. The van der Waals surface area contributed by atoms with Crippen LogP contribution in [-0.4, -0.2) is 37.5 Å². The molecular weight excluding hydrogens is 260 g/mol. The number of likely N-dealkylation sites (tertiary alicyclic amines) is 1. The van der Waals surface area contributed by atoms with Gasteiger partial charge in [0.25, 0.3) is 0 Å². The van der Waals surface area contributed by atoms with Crippen molar-refractivity contribution in [2.24, 2.45) is 11.3 Å². The van der Waals surface area contributed by atoms with Crippen LogP contribution in [0.2, 0.25) is 0 Å². The SMILES string of the molecule is CNCCC1CCN(C(=O)C2(C)CCCC2)CC1.Cl. The molecule has 19 heavy (non-hydrogen) atoms. The Kier molecular flexibility index (Phi) is 6.61. The molecule has 1 saturated carbocycles. The van der Waals surface area contributed by atoms with Crippen LogP contribution < -0.4 is 5.32 Å². The second kappa shape index (κ2) is 7.49. The van der Waals surface area contributed by atoms with Gasteiger partial charge < -0.3 is 10.2 Å². The van der Waals surface area contributed by atoms with E-state index in [1.807, 2.05) is 7.05 Å². The zero-order valence-corrected chi connectivity index (χ0v) is 13.2. The maximum atomic E-state index is 12.6. The highest BCUT2D eigenvalue weighted by molar-refractivity contribution is 5.85. The average Bonchev–Trinajstić information content (AvgIpc) is 2.84. The molecule has 1 aliphatic carbocycles. The fraction of sp³-hybridized carbons (Fsp3) is 0.933. The second-order valence-corrected chi connectivity index (χ2v) is 6.40. The highest BCUT2D eigenvalue weighted by Gasteiger charge is 2.39. The first-order chi connectivity index (χ1) is 8.65. The van der Waals surface area contributed by atoms with Crippen LogP contribution in [0.5, 0.6) is 0 Å². The fourth-order valence-corrected chi connectivity index (χ4v) is 3.52. The second-order valence-electron chi connectivity index (χ2n) is 6.40. The smallest absolute Gasteiger partial charge is 0.228 e. The van der Waals surface area contributed by atoms with Crippen LogP contribution >= 0.6 is 12.4 Å². The highest BCUT2D eigenvalue weighted by Crippen LogP contribution is 2.39. The highest BCUT2D eigenvalue weighted by atomic mass is 35.5. The van der Waals surface area contributed by atoms with Crippen molar-refractivity contribution in [3.8, 4) is 0 Å². The molecule has 1 aliphatic heterocycles. The third-order valence-electron chi connectivity index (χ3n) is 4.93. The number of halogens is 1. The van der Waals surface area contributed by atoms with Gasteiger partial charge in [0, 0.05) is 18.5 Å². The summed E-state index contributed by atoms with van der Waals surface area (Å²) in [6.45, 7) is 5.26. The number of piperidine rings is 1. The summed E-state index contributed by atoms with van der Waals surface area (Å²) in [5.41, 5.74) is -0.0299. The molecule has 2 fully saturated rings. The topological polar surface area (TPSA) is 32.3 Å². The number of amides is 1. The van der Waals surface area contributed by atoms with Crippen molar-refractivity contribution in [3.63, 3.8) is 0 Å². The molecule has 1 N–H and O–H groups in total. The minimum atomic E-state index is -0.0299. The summed E-state index contributed by atoms with van der Waals surface area (Å²) in [7, 11) is 2.01. The van der Waals surface area contributed by atoms with Crippen LogP contribution in [0.4, 0.5) is 0 Å². The summed E-state index contributed by atoms with van der Waals surface area (Å²) in [5.74, 6) is 1.25.